The molecule has 3 aromatic rings. The molecule has 0 heterocycles. The van der Waals surface area contributed by atoms with Crippen molar-refractivity contribution in [1.29, 1.82) is 0 Å². The number of para-hydroxylation sites is 1. The number of carbonyl (C=O) groups excluding carboxylic acids is 2. The Kier molecular flexibility index (Phi) is 5.10. The van der Waals surface area contributed by atoms with Crippen molar-refractivity contribution in [2.75, 3.05) is 11.9 Å². The molecule has 2 N–H and O–H groups in total. The standard InChI is InChI=1S/C21H18N2O3/c1-23(19-8-3-2-4-9-19)21(25)18-7-5-6-17(14-18)15-10-12-16(13-11-15)20(24)22-26/h2-14,26H,1H3,(H,22,24). The van der Waals surface area contributed by atoms with Crippen molar-refractivity contribution >= 4 is 17.5 Å². The van der Waals surface area contributed by atoms with E-state index >= 15 is 0 Å². The fourth-order valence-electron chi connectivity index (χ4n) is 2.67. The lowest BCUT2D eigenvalue weighted by molar-refractivity contribution is 0.0706. The maximum absolute atomic E-state index is 12.8. The van der Waals surface area contributed by atoms with Gasteiger partial charge in [-0.3, -0.25) is 14.8 Å². The largest absolute Gasteiger partial charge is 0.311 e. The van der Waals surface area contributed by atoms with Crippen molar-refractivity contribution in [2.24, 2.45) is 0 Å². The number of benzene rings is 3. The summed E-state index contributed by atoms with van der Waals surface area (Å²) in [6, 6.07) is 23.6. The molecule has 26 heavy (non-hydrogen) atoms. The summed E-state index contributed by atoms with van der Waals surface area (Å²) in [5, 5.41) is 8.68. The van der Waals surface area contributed by atoms with Crippen molar-refractivity contribution < 1.29 is 14.8 Å². The van der Waals surface area contributed by atoms with Crippen LogP contribution in [0.1, 0.15) is 20.7 Å². The van der Waals surface area contributed by atoms with Crippen LogP contribution in [-0.2, 0) is 0 Å². The van der Waals surface area contributed by atoms with Crippen LogP contribution in [0, 0.1) is 0 Å². The lowest BCUT2D eigenvalue weighted by Gasteiger charge is -2.17. The molecule has 3 aromatic carbocycles. The van der Waals surface area contributed by atoms with Crippen LogP contribution in [0.15, 0.2) is 78.9 Å². The minimum Gasteiger partial charge on any atom is -0.311 e. The first-order chi connectivity index (χ1) is 12.6. The summed E-state index contributed by atoms with van der Waals surface area (Å²) in [6.07, 6.45) is 0. The number of nitrogens with zero attached hydrogens (tertiary/aromatic N) is 1. The van der Waals surface area contributed by atoms with Gasteiger partial charge in [-0.15, -0.1) is 0 Å². The summed E-state index contributed by atoms with van der Waals surface area (Å²) in [6.45, 7) is 0. The summed E-state index contributed by atoms with van der Waals surface area (Å²) in [4.78, 5) is 25.8. The Morgan fingerprint density at radius 2 is 1.50 bits per heavy atom. The Hall–Kier alpha value is -3.44. The van der Waals surface area contributed by atoms with Gasteiger partial charge >= 0.3 is 0 Å². The number of hydroxylamine groups is 1. The molecule has 0 atom stereocenters. The van der Waals surface area contributed by atoms with Crippen LogP contribution in [0.5, 0.6) is 0 Å². The molecule has 0 unspecified atom stereocenters. The van der Waals surface area contributed by atoms with Crippen LogP contribution in [0.4, 0.5) is 5.69 Å². The van der Waals surface area contributed by atoms with Gasteiger partial charge in [0.1, 0.15) is 0 Å². The minimum absolute atomic E-state index is 0.102. The molecule has 3 rings (SSSR count). The maximum Gasteiger partial charge on any atom is 0.274 e. The van der Waals surface area contributed by atoms with Gasteiger partial charge in [0.15, 0.2) is 0 Å². The van der Waals surface area contributed by atoms with E-state index < -0.39 is 5.91 Å². The number of hydrogen-bond donors (Lipinski definition) is 2. The van der Waals surface area contributed by atoms with Crippen LogP contribution < -0.4 is 10.4 Å². The molecule has 2 amide bonds. The summed E-state index contributed by atoms with van der Waals surface area (Å²) < 4.78 is 0. The molecule has 5 nitrogen and oxygen atoms in total. The van der Waals surface area contributed by atoms with Crippen LogP contribution in [0.25, 0.3) is 11.1 Å². The average Bonchev–Trinajstić information content (AvgIpc) is 2.73. The number of carbonyl (C=O) groups is 2. The fourth-order valence-corrected chi connectivity index (χ4v) is 2.67. The number of hydrogen-bond acceptors (Lipinski definition) is 3. The second-order valence-electron chi connectivity index (χ2n) is 5.80. The third kappa shape index (κ3) is 3.63. The lowest BCUT2D eigenvalue weighted by Crippen LogP contribution is -2.26. The third-order valence-corrected chi connectivity index (χ3v) is 4.14. The highest BCUT2D eigenvalue weighted by molar-refractivity contribution is 6.06. The molecule has 0 bridgehead atoms. The van der Waals surface area contributed by atoms with Gasteiger partial charge in [-0.1, -0.05) is 42.5 Å². The minimum atomic E-state index is -0.565. The molecule has 0 aliphatic heterocycles. The summed E-state index contributed by atoms with van der Waals surface area (Å²) in [7, 11) is 1.74. The van der Waals surface area contributed by atoms with Crippen molar-refractivity contribution in [1.82, 2.24) is 5.48 Å². The van der Waals surface area contributed by atoms with E-state index in [1.807, 2.05) is 48.5 Å². The highest BCUT2D eigenvalue weighted by Crippen LogP contribution is 2.23. The Balaban J connectivity index is 1.86. The van der Waals surface area contributed by atoms with Gasteiger partial charge in [0.05, 0.1) is 0 Å². The van der Waals surface area contributed by atoms with E-state index in [2.05, 4.69) is 0 Å². The maximum atomic E-state index is 12.8. The average molecular weight is 346 g/mol. The SMILES string of the molecule is CN(C(=O)c1cccc(-c2ccc(C(=O)NO)cc2)c1)c1ccccc1. The van der Waals surface area contributed by atoms with Crippen molar-refractivity contribution in [3.63, 3.8) is 0 Å². The number of rotatable bonds is 4. The number of amides is 2. The quantitative estimate of drug-likeness (QED) is 0.558. The van der Waals surface area contributed by atoms with Gasteiger partial charge in [-0.2, -0.15) is 0 Å². The van der Waals surface area contributed by atoms with Crippen LogP contribution in [-0.4, -0.2) is 24.1 Å². The van der Waals surface area contributed by atoms with E-state index in [9.17, 15) is 9.59 Å². The molecule has 0 aliphatic rings. The molecular weight excluding hydrogens is 328 g/mol. The monoisotopic (exact) mass is 346 g/mol. The highest BCUT2D eigenvalue weighted by Gasteiger charge is 2.14. The van der Waals surface area contributed by atoms with Gasteiger partial charge in [0.2, 0.25) is 0 Å². The first kappa shape index (κ1) is 17.4. The molecule has 5 heteroatoms. The smallest absolute Gasteiger partial charge is 0.274 e. The van der Waals surface area contributed by atoms with Crippen LogP contribution >= 0.6 is 0 Å². The summed E-state index contributed by atoms with van der Waals surface area (Å²) in [5.41, 5.74) is 5.09. The fraction of sp³-hybridized carbons (Fsp3) is 0.0476. The molecular formula is C21H18N2O3. The first-order valence-electron chi connectivity index (χ1n) is 8.08. The zero-order chi connectivity index (χ0) is 18.5. The van der Waals surface area contributed by atoms with Crippen LogP contribution in [0.3, 0.4) is 0 Å². The zero-order valence-corrected chi connectivity index (χ0v) is 14.2. The normalized spacial score (nSPS) is 10.2. The second kappa shape index (κ2) is 7.63. The number of anilines is 1. The van der Waals surface area contributed by atoms with Crippen LogP contribution in [0.2, 0.25) is 0 Å². The van der Waals surface area contributed by atoms with Crippen molar-refractivity contribution in [3.8, 4) is 11.1 Å². The molecule has 0 fully saturated rings. The zero-order valence-electron chi connectivity index (χ0n) is 14.2. The van der Waals surface area contributed by atoms with Gasteiger partial charge < -0.3 is 4.90 Å². The number of nitrogens with one attached hydrogen (secondary N) is 1. The van der Waals surface area contributed by atoms with Crippen molar-refractivity contribution in [3.05, 3.63) is 90.0 Å². The molecule has 0 saturated carbocycles. The Morgan fingerprint density at radius 3 is 2.15 bits per heavy atom. The van der Waals surface area contributed by atoms with E-state index in [0.29, 0.717) is 11.1 Å². The topological polar surface area (TPSA) is 69.6 Å². The predicted molar refractivity (Wildman–Crippen MR) is 100 cm³/mol. The molecule has 0 saturated heterocycles. The van der Waals surface area contributed by atoms with E-state index in [1.165, 1.54) is 0 Å². The van der Waals surface area contributed by atoms with E-state index in [1.54, 1.807) is 47.8 Å². The Labute approximate surface area is 151 Å². The third-order valence-electron chi connectivity index (χ3n) is 4.14. The van der Waals surface area contributed by atoms with E-state index in [4.69, 9.17) is 5.21 Å². The Bertz CT molecular complexity index is 922. The molecule has 0 spiro atoms. The van der Waals surface area contributed by atoms with Crippen molar-refractivity contribution in [2.45, 2.75) is 0 Å². The van der Waals surface area contributed by atoms with Gasteiger partial charge in [0, 0.05) is 23.9 Å². The van der Waals surface area contributed by atoms with Gasteiger partial charge in [-0.05, 0) is 47.5 Å². The highest BCUT2D eigenvalue weighted by atomic mass is 16.5. The van der Waals surface area contributed by atoms with Gasteiger partial charge in [0.25, 0.3) is 11.8 Å². The summed E-state index contributed by atoms with van der Waals surface area (Å²) >= 11 is 0. The predicted octanol–water partition coefficient (Wildman–Crippen LogP) is 3.75. The molecule has 130 valence electrons. The lowest BCUT2D eigenvalue weighted by atomic mass is 10.0. The second-order valence-corrected chi connectivity index (χ2v) is 5.80. The molecule has 0 aliphatic carbocycles. The first-order valence-corrected chi connectivity index (χ1v) is 8.08. The molecule has 0 radical (unpaired) electrons. The molecule has 0 aromatic heterocycles. The van der Waals surface area contributed by atoms with E-state index in [-0.39, 0.29) is 5.91 Å². The summed E-state index contributed by atoms with van der Waals surface area (Å²) in [5.74, 6) is -0.667. The van der Waals surface area contributed by atoms with Gasteiger partial charge in [-0.25, -0.2) is 5.48 Å². The van der Waals surface area contributed by atoms with E-state index in [0.717, 1.165) is 16.8 Å². The Morgan fingerprint density at radius 1 is 0.808 bits per heavy atom.